The molecule has 7 nitrogen and oxygen atoms in total. The van der Waals surface area contributed by atoms with E-state index in [2.05, 4.69) is 15.3 Å². The fourth-order valence-electron chi connectivity index (χ4n) is 5.17. The van der Waals surface area contributed by atoms with Gasteiger partial charge in [-0.1, -0.05) is 12.1 Å². The summed E-state index contributed by atoms with van der Waals surface area (Å²) in [6.07, 6.45) is -0.756. The predicted octanol–water partition coefficient (Wildman–Crippen LogP) is 3.32. The average Bonchev–Trinajstić information content (AvgIpc) is 3.47. The summed E-state index contributed by atoms with van der Waals surface area (Å²) in [5.41, 5.74) is 0.439. The number of halogens is 3. The number of carbonyl (C=O) groups excluding carboxylic acids is 2. The molecule has 0 bridgehead atoms. The van der Waals surface area contributed by atoms with E-state index in [4.69, 9.17) is 0 Å². The predicted molar refractivity (Wildman–Crippen MR) is 115 cm³/mol. The van der Waals surface area contributed by atoms with Crippen LogP contribution >= 0.6 is 0 Å². The van der Waals surface area contributed by atoms with Crippen molar-refractivity contribution in [2.75, 3.05) is 33.7 Å². The van der Waals surface area contributed by atoms with Crippen molar-refractivity contribution >= 4 is 11.9 Å². The van der Waals surface area contributed by atoms with E-state index in [1.807, 2.05) is 7.05 Å². The minimum atomic E-state index is -4.31. The van der Waals surface area contributed by atoms with Crippen molar-refractivity contribution in [3.63, 3.8) is 0 Å². The van der Waals surface area contributed by atoms with Crippen LogP contribution in [-0.4, -0.2) is 65.2 Å². The van der Waals surface area contributed by atoms with Gasteiger partial charge in [-0.3, -0.25) is 4.79 Å². The molecule has 1 N–H and O–H groups in total. The lowest BCUT2D eigenvalue weighted by atomic mass is 10.0. The molecule has 1 saturated carbocycles. The number of fused-ring (bicyclic) bond motifs is 1. The standard InChI is InChI=1S/C23H28F3N5O2/c1-27-21(32)20-7-8-31(28-20)22(33)30-13-17-9-16(10-18(17)14-30)12-29(2)11-15-3-5-19(6-4-15)23(24,25)26/h3-8,16-18H,9-14H2,1-2H3,(H,27,32)/t16?,17-,18+. The van der Waals surface area contributed by atoms with Gasteiger partial charge in [-0.05, 0) is 61.4 Å². The second-order valence-electron chi connectivity index (χ2n) is 9.16. The molecule has 10 heteroatoms. The van der Waals surface area contributed by atoms with Gasteiger partial charge >= 0.3 is 12.2 Å². The van der Waals surface area contributed by atoms with Crippen LogP contribution in [0.15, 0.2) is 36.5 Å². The number of aromatic nitrogens is 2. The molecule has 1 aromatic carbocycles. The molecule has 33 heavy (non-hydrogen) atoms. The Balaban J connectivity index is 1.26. The van der Waals surface area contributed by atoms with Gasteiger partial charge in [-0.2, -0.15) is 23.0 Å². The zero-order valence-corrected chi connectivity index (χ0v) is 18.7. The molecule has 2 amide bonds. The Morgan fingerprint density at radius 1 is 1.12 bits per heavy atom. The second-order valence-corrected chi connectivity index (χ2v) is 9.16. The van der Waals surface area contributed by atoms with Gasteiger partial charge in [-0.25, -0.2) is 4.79 Å². The Morgan fingerprint density at radius 3 is 2.33 bits per heavy atom. The van der Waals surface area contributed by atoms with Crippen molar-refractivity contribution in [3.05, 3.63) is 53.3 Å². The number of alkyl halides is 3. The average molecular weight is 464 g/mol. The first-order valence-corrected chi connectivity index (χ1v) is 11.1. The SMILES string of the molecule is CNC(=O)c1ccn(C(=O)N2C[C@H]3CC(CN(C)Cc4ccc(C(F)(F)F)cc4)C[C@H]3C2)n1. The molecule has 2 fully saturated rings. The highest BCUT2D eigenvalue weighted by atomic mass is 19.4. The lowest BCUT2D eigenvalue weighted by Gasteiger charge is -2.23. The van der Waals surface area contributed by atoms with E-state index in [-0.39, 0.29) is 17.6 Å². The van der Waals surface area contributed by atoms with Crippen molar-refractivity contribution in [1.29, 1.82) is 0 Å². The Labute approximate surface area is 190 Å². The van der Waals surface area contributed by atoms with E-state index >= 15 is 0 Å². The van der Waals surface area contributed by atoms with Crippen molar-refractivity contribution in [3.8, 4) is 0 Å². The van der Waals surface area contributed by atoms with Crippen molar-refractivity contribution in [1.82, 2.24) is 24.9 Å². The Kier molecular flexibility index (Phi) is 6.47. The summed E-state index contributed by atoms with van der Waals surface area (Å²) in [7, 11) is 3.51. The second kappa shape index (κ2) is 9.17. The fraction of sp³-hybridized carbons (Fsp3) is 0.522. The highest BCUT2D eigenvalue weighted by Crippen LogP contribution is 2.42. The number of hydrogen-bond donors (Lipinski definition) is 1. The summed E-state index contributed by atoms with van der Waals surface area (Å²) >= 11 is 0. The maximum Gasteiger partial charge on any atom is 0.416 e. The van der Waals surface area contributed by atoms with E-state index < -0.39 is 11.7 Å². The van der Waals surface area contributed by atoms with Crippen LogP contribution in [0.2, 0.25) is 0 Å². The first kappa shape index (κ1) is 23.3. The van der Waals surface area contributed by atoms with Gasteiger partial charge in [0.2, 0.25) is 0 Å². The van der Waals surface area contributed by atoms with Gasteiger partial charge in [0.05, 0.1) is 5.56 Å². The number of hydrogen-bond acceptors (Lipinski definition) is 4. The number of likely N-dealkylation sites (tertiary alicyclic amines) is 1. The number of benzene rings is 1. The summed E-state index contributed by atoms with van der Waals surface area (Å²) in [4.78, 5) is 28.4. The molecule has 1 aliphatic heterocycles. The Morgan fingerprint density at radius 2 is 1.76 bits per heavy atom. The van der Waals surface area contributed by atoms with Gasteiger partial charge in [-0.15, -0.1) is 0 Å². The molecule has 0 spiro atoms. The zero-order chi connectivity index (χ0) is 23.8. The van der Waals surface area contributed by atoms with Gasteiger partial charge in [0.1, 0.15) is 0 Å². The van der Waals surface area contributed by atoms with Crippen LogP contribution in [0.5, 0.6) is 0 Å². The van der Waals surface area contributed by atoms with Gasteiger partial charge in [0, 0.05) is 39.4 Å². The highest BCUT2D eigenvalue weighted by molar-refractivity contribution is 5.92. The summed E-state index contributed by atoms with van der Waals surface area (Å²) in [5, 5.41) is 6.57. The van der Waals surface area contributed by atoms with E-state index in [9.17, 15) is 22.8 Å². The summed E-state index contributed by atoms with van der Waals surface area (Å²) in [6, 6.07) is 6.65. The minimum absolute atomic E-state index is 0.210. The normalized spacial score (nSPS) is 22.6. The van der Waals surface area contributed by atoms with Gasteiger partial charge < -0.3 is 15.1 Å². The van der Waals surface area contributed by atoms with Crippen LogP contribution in [0.25, 0.3) is 0 Å². The van der Waals surface area contributed by atoms with E-state index in [0.717, 1.165) is 37.1 Å². The molecule has 4 rings (SSSR count). The zero-order valence-electron chi connectivity index (χ0n) is 18.7. The topological polar surface area (TPSA) is 70.5 Å². The lowest BCUT2D eigenvalue weighted by Crippen LogP contribution is -2.35. The molecule has 1 unspecified atom stereocenters. The molecule has 1 saturated heterocycles. The number of nitrogens with zero attached hydrogens (tertiary/aromatic N) is 4. The van der Waals surface area contributed by atoms with Crippen LogP contribution in [0.3, 0.4) is 0 Å². The maximum atomic E-state index is 12.8. The van der Waals surface area contributed by atoms with Crippen LogP contribution < -0.4 is 5.32 Å². The van der Waals surface area contributed by atoms with Crippen molar-refractivity contribution < 1.29 is 22.8 Å². The Bertz CT molecular complexity index is 990. The number of carbonyl (C=O) groups is 2. The van der Waals surface area contributed by atoms with Crippen LogP contribution in [0.1, 0.15) is 34.5 Å². The smallest absolute Gasteiger partial charge is 0.354 e. The molecule has 1 aliphatic carbocycles. The number of rotatable bonds is 5. The highest BCUT2D eigenvalue weighted by Gasteiger charge is 2.43. The lowest BCUT2D eigenvalue weighted by molar-refractivity contribution is -0.137. The van der Waals surface area contributed by atoms with Gasteiger partial charge in [0.15, 0.2) is 5.69 Å². The Hall–Kier alpha value is -2.88. The molecule has 178 valence electrons. The molecule has 1 aromatic heterocycles. The van der Waals surface area contributed by atoms with E-state index in [1.165, 1.54) is 36.1 Å². The first-order valence-electron chi connectivity index (χ1n) is 11.1. The molecular formula is C23H28F3N5O2. The fourth-order valence-corrected chi connectivity index (χ4v) is 5.17. The summed E-state index contributed by atoms with van der Waals surface area (Å²) < 4.78 is 39.4. The third-order valence-electron chi connectivity index (χ3n) is 6.67. The number of amides is 2. The van der Waals surface area contributed by atoms with Crippen LogP contribution in [0.4, 0.5) is 18.0 Å². The first-order chi connectivity index (χ1) is 15.6. The van der Waals surface area contributed by atoms with Gasteiger partial charge in [0.25, 0.3) is 5.91 Å². The molecule has 0 radical (unpaired) electrons. The maximum absolute atomic E-state index is 12.8. The largest absolute Gasteiger partial charge is 0.416 e. The molecule has 2 aromatic rings. The minimum Gasteiger partial charge on any atom is -0.354 e. The van der Waals surface area contributed by atoms with Crippen LogP contribution in [-0.2, 0) is 12.7 Å². The number of nitrogens with one attached hydrogen (secondary N) is 1. The molecule has 2 aliphatic rings. The van der Waals surface area contributed by atoms with Crippen molar-refractivity contribution in [2.45, 2.75) is 25.6 Å². The summed E-state index contributed by atoms with van der Waals surface area (Å²) in [6.45, 7) is 2.83. The summed E-state index contributed by atoms with van der Waals surface area (Å²) in [5.74, 6) is 1.05. The van der Waals surface area contributed by atoms with E-state index in [1.54, 1.807) is 4.90 Å². The molecule has 2 heterocycles. The van der Waals surface area contributed by atoms with Crippen molar-refractivity contribution in [2.24, 2.45) is 17.8 Å². The monoisotopic (exact) mass is 463 g/mol. The molecule has 3 atom stereocenters. The van der Waals surface area contributed by atoms with E-state index in [0.29, 0.717) is 37.4 Å². The quantitative estimate of drug-likeness (QED) is 0.739. The van der Waals surface area contributed by atoms with Crippen LogP contribution in [0, 0.1) is 17.8 Å². The third kappa shape index (κ3) is 5.21. The molecular weight excluding hydrogens is 435 g/mol. The third-order valence-corrected chi connectivity index (χ3v) is 6.67.